The van der Waals surface area contributed by atoms with Crippen molar-refractivity contribution in [2.75, 3.05) is 13.1 Å². The van der Waals surface area contributed by atoms with Crippen LogP contribution in [0.4, 0.5) is 0 Å². The molecule has 2 nitrogen and oxygen atoms in total. The van der Waals surface area contributed by atoms with E-state index in [0.717, 1.165) is 19.6 Å². The van der Waals surface area contributed by atoms with Gasteiger partial charge in [0.15, 0.2) is 0 Å². The minimum atomic E-state index is 0.230. The lowest BCUT2D eigenvalue weighted by atomic mass is 9.88. The summed E-state index contributed by atoms with van der Waals surface area (Å²) in [5.41, 5.74) is 5.15. The Bertz CT molecular complexity index is 520. The normalized spacial score (nSPS) is 28.6. The monoisotopic (exact) mass is 286 g/mol. The Morgan fingerprint density at radius 1 is 1.14 bits per heavy atom. The van der Waals surface area contributed by atoms with Crippen LogP contribution in [0.3, 0.4) is 0 Å². The molecule has 1 heterocycles. The van der Waals surface area contributed by atoms with Crippen molar-refractivity contribution in [1.82, 2.24) is 10.2 Å². The number of fused-ring (bicyclic) bond motifs is 1. The Hall–Kier alpha value is -0.860. The SMILES string of the molecule is CCC1(C)CN(Cc2ccc3c(c2)CCC3)C(C)(C)CN1. The highest BCUT2D eigenvalue weighted by atomic mass is 15.3. The first-order chi connectivity index (χ1) is 9.92. The molecule has 1 aliphatic carbocycles. The van der Waals surface area contributed by atoms with E-state index in [4.69, 9.17) is 0 Å². The quantitative estimate of drug-likeness (QED) is 0.914. The van der Waals surface area contributed by atoms with Gasteiger partial charge in [0.25, 0.3) is 0 Å². The summed E-state index contributed by atoms with van der Waals surface area (Å²) in [5.74, 6) is 0. The van der Waals surface area contributed by atoms with E-state index in [1.807, 2.05) is 0 Å². The van der Waals surface area contributed by atoms with Crippen molar-refractivity contribution in [3.63, 3.8) is 0 Å². The van der Waals surface area contributed by atoms with Crippen LogP contribution >= 0.6 is 0 Å². The first-order valence-corrected chi connectivity index (χ1v) is 8.53. The van der Waals surface area contributed by atoms with Gasteiger partial charge in [0, 0.05) is 30.7 Å². The van der Waals surface area contributed by atoms with Crippen molar-refractivity contribution in [2.24, 2.45) is 0 Å². The summed E-state index contributed by atoms with van der Waals surface area (Å²) in [4.78, 5) is 2.67. The second-order valence-electron chi connectivity index (χ2n) is 7.89. The van der Waals surface area contributed by atoms with Gasteiger partial charge in [-0.3, -0.25) is 4.90 Å². The van der Waals surface area contributed by atoms with E-state index in [9.17, 15) is 0 Å². The summed E-state index contributed by atoms with van der Waals surface area (Å²) < 4.78 is 0. The minimum Gasteiger partial charge on any atom is -0.308 e. The van der Waals surface area contributed by atoms with Gasteiger partial charge in [-0.2, -0.15) is 0 Å². The summed E-state index contributed by atoms with van der Waals surface area (Å²) >= 11 is 0. The molecule has 2 heteroatoms. The van der Waals surface area contributed by atoms with Crippen molar-refractivity contribution in [1.29, 1.82) is 0 Å². The molecule has 0 saturated carbocycles. The van der Waals surface area contributed by atoms with E-state index < -0.39 is 0 Å². The second-order valence-corrected chi connectivity index (χ2v) is 7.89. The third-order valence-corrected chi connectivity index (χ3v) is 5.66. The standard InChI is InChI=1S/C19H30N2/c1-5-19(4)14-21(18(2,3)13-20-19)12-15-9-10-16-7-6-8-17(16)11-15/h9-11,20H,5-8,12-14H2,1-4H3. The third-order valence-electron chi connectivity index (χ3n) is 5.66. The van der Waals surface area contributed by atoms with Gasteiger partial charge in [-0.05, 0) is 63.1 Å². The van der Waals surface area contributed by atoms with Gasteiger partial charge in [-0.1, -0.05) is 25.1 Å². The number of nitrogens with zero attached hydrogens (tertiary/aromatic N) is 1. The number of benzene rings is 1. The highest BCUT2D eigenvalue weighted by molar-refractivity contribution is 5.35. The van der Waals surface area contributed by atoms with E-state index in [2.05, 4.69) is 56.1 Å². The summed E-state index contributed by atoms with van der Waals surface area (Å²) in [5, 5.41) is 3.75. The zero-order chi connectivity index (χ0) is 15.1. The molecule has 1 atom stereocenters. The number of aryl methyl sites for hydroxylation is 2. The molecule has 0 bridgehead atoms. The van der Waals surface area contributed by atoms with Crippen LogP contribution < -0.4 is 5.32 Å². The van der Waals surface area contributed by atoms with Crippen LogP contribution in [0, 0.1) is 0 Å². The smallest absolute Gasteiger partial charge is 0.0282 e. The topological polar surface area (TPSA) is 15.3 Å². The molecule has 0 amide bonds. The molecule has 1 aromatic rings. The Morgan fingerprint density at radius 3 is 2.67 bits per heavy atom. The van der Waals surface area contributed by atoms with Crippen LogP contribution in [0.5, 0.6) is 0 Å². The molecule has 1 aliphatic heterocycles. The molecule has 0 radical (unpaired) electrons. The van der Waals surface area contributed by atoms with E-state index in [1.54, 1.807) is 11.1 Å². The van der Waals surface area contributed by atoms with E-state index >= 15 is 0 Å². The highest BCUT2D eigenvalue weighted by Gasteiger charge is 2.38. The molecular weight excluding hydrogens is 256 g/mol. The van der Waals surface area contributed by atoms with Crippen molar-refractivity contribution in [2.45, 2.75) is 71.0 Å². The summed E-state index contributed by atoms with van der Waals surface area (Å²) in [6.07, 6.45) is 5.08. The fraction of sp³-hybridized carbons (Fsp3) is 0.684. The third kappa shape index (κ3) is 3.02. The Balaban J connectivity index is 1.78. The van der Waals surface area contributed by atoms with Gasteiger partial charge >= 0.3 is 0 Å². The Labute approximate surface area is 129 Å². The van der Waals surface area contributed by atoms with Gasteiger partial charge < -0.3 is 5.32 Å². The molecular formula is C19H30N2. The van der Waals surface area contributed by atoms with Crippen molar-refractivity contribution in [3.05, 3.63) is 34.9 Å². The molecule has 116 valence electrons. The first-order valence-electron chi connectivity index (χ1n) is 8.53. The predicted octanol–water partition coefficient (Wildman–Crippen LogP) is 3.53. The molecule has 1 N–H and O–H groups in total. The largest absolute Gasteiger partial charge is 0.308 e. The van der Waals surface area contributed by atoms with Gasteiger partial charge in [0.1, 0.15) is 0 Å². The molecule has 3 rings (SSSR count). The molecule has 0 spiro atoms. The minimum absolute atomic E-state index is 0.230. The molecule has 0 aromatic heterocycles. The van der Waals surface area contributed by atoms with Gasteiger partial charge in [-0.15, -0.1) is 0 Å². The summed E-state index contributed by atoms with van der Waals surface area (Å²) in [6.45, 7) is 12.7. The van der Waals surface area contributed by atoms with Crippen LogP contribution in [0.2, 0.25) is 0 Å². The first kappa shape index (κ1) is 15.1. The zero-order valence-corrected chi connectivity index (χ0v) is 14.1. The van der Waals surface area contributed by atoms with Crippen molar-refractivity contribution < 1.29 is 0 Å². The lowest BCUT2D eigenvalue weighted by molar-refractivity contribution is 0.0246. The van der Waals surface area contributed by atoms with Gasteiger partial charge in [0.05, 0.1) is 0 Å². The molecule has 21 heavy (non-hydrogen) atoms. The lowest BCUT2D eigenvalue weighted by Crippen LogP contribution is -2.66. The maximum Gasteiger partial charge on any atom is 0.0282 e. The Morgan fingerprint density at radius 2 is 1.90 bits per heavy atom. The predicted molar refractivity (Wildman–Crippen MR) is 89.7 cm³/mol. The number of nitrogens with one attached hydrogen (secondary N) is 1. The zero-order valence-electron chi connectivity index (χ0n) is 14.1. The highest BCUT2D eigenvalue weighted by Crippen LogP contribution is 2.29. The molecule has 2 aliphatic rings. The van der Waals surface area contributed by atoms with Crippen LogP contribution in [0.25, 0.3) is 0 Å². The van der Waals surface area contributed by atoms with E-state index in [-0.39, 0.29) is 11.1 Å². The molecule has 1 fully saturated rings. The molecule has 1 aromatic carbocycles. The molecule has 1 saturated heterocycles. The number of rotatable bonds is 3. The van der Waals surface area contributed by atoms with Crippen LogP contribution in [0.15, 0.2) is 18.2 Å². The average molecular weight is 286 g/mol. The van der Waals surface area contributed by atoms with Crippen LogP contribution in [0.1, 0.15) is 57.2 Å². The number of hydrogen-bond acceptors (Lipinski definition) is 2. The average Bonchev–Trinajstić information content (AvgIpc) is 2.91. The van der Waals surface area contributed by atoms with Crippen LogP contribution in [-0.4, -0.2) is 29.1 Å². The maximum absolute atomic E-state index is 3.75. The molecule has 1 unspecified atom stereocenters. The second kappa shape index (κ2) is 5.40. The van der Waals surface area contributed by atoms with Crippen molar-refractivity contribution >= 4 is 0 Å². The number of piperazine rings is 1. The van der Waals surface area contributed by atoms with E-state index in [0.29, 0.717) is 0 Å². The maximum atomic E-state index is 3.75. The van der Waals surface area contributed by atoms with Crippen molar-refractivity contribution in [3.8, 4) is 0 Å². The number of hydrogen-bond donors (Lipinski definition) is 1. The summed E-state index contributed by atoms with van der Waals surface area (Å²) in [6, 6.07) is 7.18. The van der Waals surface area contributed by atoms with Gasteiger partial charge in [0.2, 0.25) is 0 Å². The lowest BCUT2D eigenvalue weighted by Gasteiger charge is -2.50. The van der Waals surface area contributed by atoms with E-state index in [1.165, 1.54) is 31.2 Å². The van der Waals surface area contributed by atoms with Crippen LogP contribution in [-0.2, 0) is 19.4 Å². The summed E-state index contributed by atoms with van der Waals surface area (Å²) in [7, 11) is 0. The van der Waals surface area contributed by atoms with Gasteiger partial charge in [-0.25, -0.2) is 0 Å². The Kier molecular flexibility index (Phi) is 3.87. The fourth-order valence-corrected chi connectivity index (χ4v) is 3.68. The fourth-order valence-electron chi connectivity index (χ4n) is 3.68.